The summed E-state index contributed by atoms with van der Waals surface area (Å²) in [6.45, 7) is 5.38. The first-order valence-corrected chi connectivity index (χ1v) is 10.0. The van der Waals surface area contributed by atoms with Crippen LogP contribution < -0.4 is 11.2 Å². The van der Waals surface area contributed by atoms with Gasteiger partial charge in [0.1, 0.15) is 22.3 Å². The molecule has 2 aromatic heterocycles. The van der Waals surface area contributed by atoms with E-state index in [-0.39, 0.29) is 11.4 Å². The average Bonchev–Trinajstić information content (AvgIpc) is 3.03. The normalized spacial score (nSPS) is 19.6. The van der Waals surface area contributed by atoms with Crippen LogP contribution in [0.4, 0.5) is 5.82 Å². The maximum absolute atomic E-state index is 13.3. The molecule has 4 rings (SSSR count). The number of hydrogen-bond donors (Lipinski definition) is 3. The van der Waals surface area contributed by atoms with Crippen molar-refractivity contribution in [2.75, 3.05) is 20.0 Å². The predicted octanol–water partition coefficient (Wildman–Crippen LogP) is 2.52. The second kappa shape index (κ2) is 8.02. The Morgan fingerprint density at radius 3 is 2.06 bits per heavy atom. The molecule has 1 saturated carbocycles. The third-order valence-electron chi connectivity index (χ3n) is 6.50. The van der Waals surface area contributed by atoms with E-state index in [1.165, 1.54) is 11.3 Å². The lowest BCUT2D eigenvalue weighted by Gasteiger charge is -2.17. The van der Waals surface area contributed by atoms with Gasteiger partial charge in [0.05, 0.1) is 22.4 Å². The second-order valence-corrected chi connectivity index (χ2v) is 8.54. The van der Waals surface area contributed by atoms with Crippen LogP contribution in [0.2, 0.25) is 0 Å². The van der Waals surface area contributed by atoms with Crippen molar-refractivity contribution in [3.8, 4) is 18.2 Å². The van der Waals surface area contributed by atoms with Crippen molar-refractivity contribution in [2.45, 2.75) is 26.2 Å². The van der Waals surface area contributed by atoms with Crippen molar-refractivity contribution in [1.29, 1.82) is 15.8 Å². The summed E-state index contributed by atoms with van der Waals surface area (Å²) in [5, 5.41) is 43.2. The average molecular weight is 438 g/mol. The van der Waals surface area contributed by atoms with E-state index in [1.807, 2.05) is 44.2 Å². The van der Waals surface area contributed by atoms with E-state index < -0.39 is 21.7 Å². The monoisotopic (exact) mass is 437 g/mol. The number of aliphatic hydroxyl groups excluding tert-OH is 2. The number of thiazole rings is 1. The summed E-state index contributed by atoms with van der Waals surface area (Å²) in [4.78, 5) is 13.9. The van der Waals surface area contributed by atoms with Gasteiger partial charge in [-0.05, 0) is 12.1 Å². The van der Waals surface area contributed by atoms with E-state index in [4.69, 9.17) is 15.9 Å². The molecule has 1 aliphatic carbocycles. The van der Waals surface area contributed by atoms with E-state index in [9.17, 15) is 20.6 Å². The number of aromatic nitrogens is 1. The standard InChI is InChI=1S/C20H15N5OS.2CH4O/c1-18(2)19(3,20(18,9-22)10-23)14-15(26)11(8-21)16(24)25-12-6-4-5-7-13(12)27-17(14)25;2*1-2/h4-7H,24H2,1-3H3;2*2H,1H3/t19-;;/m0../s1. The van der Waals surface area contributed by atoms with Crippen molar-refractivity contribution in [2.24, 2.45) is 10.8 Å². The van der Waals surface area contributed by atoms with Gasteiger partial charge in [-0.2, -0.15) is 15.8 Å². The molecule has 0 saturated heterocycles. The molecule has 0 bridgehead atoms. The SMILES string of the molecule is CC1(C)C(C#N)(C#N)[C@@]1(C)c1c(=O)c(C#N)c(N)n2c1sc1ccccc12.CO.CO. The van der Waals surface area contributed by atoms with Gasteiger partial charge in [-0.25, -0.2) is 0 Å². The molecule has 9 heteroatoms. The number of hydrogen-bond acceptors (Lipinski definition) is 8. The molecular weight excluding hydrogens is 414 g/mol. The van der Waals surface area contributed by atoms with Gasteiger partial charge in [0, 0.05) is 30.6 Å². The molecule has 1 aliphatic rings. The summed E-state index contributed by atoms with van der Waals surface area (Å²) in [5.41, 5.74) is 3.52. The van der Waals surface area contributed by atoms with E-state index in [0.29, 0.717) is 10.4 Å². The minimum atomic E-state index is -1.36. The van der Waals surface area contributed by atoms with Crippen LogP contribution in [0.1, 0.15) is 31.9 Å². The summed E-state index contributed by atoms with van der Waals surface area (Å²) in [7, 11) is 2.00. The molecule has 1 atom stereocenters. The van der Waals surface area contributed by atoms with Crippen LogP contribution in [0.25, 0.3) is 15.0 Å². The summed E-state index contributed by atoms with van der Waals surface area (Å²) in [6.07, 6.45) is 0. The number of aliphatic hydroxyl groups is 2. The van der Waals surface area contributed by atoms with Crippen LogP contribution in [0.3, 0.4) is 0 Å². The highest BCUT2D eigenvalue weighted by Crippen LogP contribution is 2.77. The number of nitrogen functional groups attached to an aromatic ring is 1. The van der Waals surface area contributed by atoms with Gasteiger partial charge < -0.3 is 15.9 Å². The number of fused-ring (bicyclic) bond motifs is 3. The Morgan fingerprint density at radius 2 is 1.58 bits per heavy atom. The summed E-state index contributed by atoms with van der Waals surface area (Å²) in [6, 6.07) is 13.7. The lowest BCUT2D eigenvalue weighted by atomic mass is 9.87. The molecule has 4 N–H and O–H groups in total. The molecular formula is C22H23N5O3S. The number of nitrogens with zero attached hydrogens (tertiary/aromatic N) is 4. The zero-order valence-electron chi connectivity index (χ0n) is 17.9. The Labute approximate surface area is 183 Å². The maximum Gasteiger partial charge on any atom is 0.206 e. The highest BCUT2D eigenvalue weighted by molar-refractivity contribution is 7.24. The van der Waals surface area contributed by atoms with E-state index >= 15 is 0 Å². The number of nitrogens with two attached hydrogens (primary N) is 1. The van der Waals surface area contributed by atoms with Gasteiger partial charge >= 0.3 is 0 Å². The molecule has 0 spiro atoms. The minimum Gasteiger partial charge on any atom is -0.400 e. The first kappa shape index (κ1) is 23.9. The quantitative estimate of drug-likeness (QED) is 0.527. The van der Waals surface area contributed by atoms with Crippen LogP contribution in [-0.4, -0.2) is 28.8 Å². The summed E-state index contributed by atoms with van der Waals surface area (Å²) >= 11 is 1.38. The lowest BCUT2D eigenvalue weighted by Crippen LogP contribution is -2.27. The minimum absolute atomic E-state index is 0.0836. The fourth-order valence-corrected chi connectivity index (χ4v) is 5.82. The Bertz CT molecular complexity index is 1340. The van der Waals surface area contributed by atoms with Crippen molar-refractivity contribution >= 4 is 32.2 Å². The van der Waals surface area contributed by atoms with Crippen LogP contribution in [0, 0.1) is 44.8 Å². The number of benzene rings is 1. The maximum atomic E-state index is 13.3. The van der Waals surface area contributed by atoms with Gasteiger partial charge in [-0.1, -0.05) is 32.9 Å². The molecule has 0 aliphatic heterocycles. The number of para-hydroxylation sites is 1. The smallest absolute Gasteiger partial charge is 0.206 e. The topological polar surface area (TPSA) is 159 Å². The first-order valence-electron chi connectivity index (χ1n) is 9.21. The number of rotatable bonds is 1. The molecule has 1 fully saturated rings. The number of anilines is 1. The fraction of sp³-hybridized carbons (Fsp3) is 0.364. The Hall–Kier alpha value is -3.42. The molecule has 3 aromatic rings. The lowest BCUT2D eigenvalue weighted by molar-refractivity contribution is 0.399. The van der Waals surface area contributed by atoms with Gasteiger partial charge in [0.25, 0.3) is 0 Å². The molecule has 0 radical (unpaired) electrons. The van der Waals surface area contributed by atoms with Gasteiger partial charge in [-0.15, -0.1) is 11.3 Å². The van der Waals surface area contributed by atoms with Crippen LogP contribution in [-0.2, 0) is 5.41 Å². The molecule has 0 unspecified atom stereocenters. The van der Waals surface area contributed by atoms with Crippen molar-refractivity contribution < 1.29 is 10.2 Å². The van der Waals surface area contributed by atoms with Crippen molar-refractivity contribution in [3.05, 3.63) is 45.6 Å². The largest absolute Gasteiger partial charge is 0.400 e. The third-order valence-corrected chi connectivity index (χ3v) is 7.65. The molecule has 31 heavy (non-hydrogen) atoms. The molecule has 8 nitrogen and oxygen atoms in total. The number of nitriles is 3. The van der Waals surface area contributed by atoms with Crippen LogP contribution in [0.5, 0.6) is 0 Å². The first-order chi connectivity index (χ1) is 14.7. The summed E-state index contributed by atoms with van der Waals surface area (Å²) < 4.78 is 2.61. The van der Waals surface area contributed by atoms with E-state index in [2.05, 4.69) is 12.1 Å². The Morgan fingerprint density at radius 1 is 1.03 bits per heavy atom. The Balaban J connectivity index is 0.000000807. The second-order valence-electron chi connectivity index (χ2n) is 7.51. The van der Waals surface area contributed by atoms with Crippen molar-refractivity contribution in [1.82, 2.24) is 4.40 Å². The van der Waals surface area contributed by atoms with Gasteiger partial charge in [-0.3, -0.25) is 9.20 Å². The van der Waals surface area contributed by atoms with E-state index in [1.54, 1.807) is 11.3 Å². The van der Waals surface area contributed by atoms with Crippen LogP contribution in [0.15, 0.2) is 29.1 Å². The molecule has 1 aromatic carbocycles. The number of pyridine rings is 1. The van der Waals surface area contributed by atoms with Gasteiger partial charge in [0.15, 0.2) is 5.41 Å². The molecule has 160 valence electrons. The summed E-state index contributed by atoms with van der Waals surface area (Å²) in [5.74, 6) is 0.0836. The zero-order valence-corrected chi connectivity index (χ0v) is 18.7. The third kappa shape index (κ3) is 2.60. The van der Waals surface area contributed by atoms with Crippen LogP contribution >= 0.6 is 11.3 Å². The Kier molecular flexibility index (Phi) is 6.17. The molecule has 0 amide bonds. The predicted molar refractivity (Wildman–Crippen MR) is 119 cm³/mol. The fourth-order valence-electron chi connectivity index (χ4n) is 4.51. The molecule has 2 heterocycles. The highest BCUT2D eigenvalue weighted by atomic mass is 32.1. The zero-order chi connectivity index (χ0) is 23.8. The van der Waals surface area contributed by atoms with Gasteiger partial charge in [0.2, 0.25) is 5.43 Å². The van der Waals surface area contributed by atoms with E-state index in [0.717, 1.165) is 24.4 Å². The highest BCUT2D eigenvalue weighted by Gasteiger charge is 2.83. The van der Waals surface area contributed by atoms with Crippen molar-refractivity contribution in [3.63, 3.8) is 0 Å².